The van der Waals surface area contributed by atoms with E-state index in [4.69, 9.17) is 0 Å². The maximum Gasteiger partial charge on any atom is 0.226 e. The van der Waals surface area contributed by atoms with Crippen LogP contribution in [-0.2, 0) is 4.79 Å². The summed E-state index contributed by atoms with van der Waals surface area (Å²) in [5.41, 5.74) is 0.191. The highest BCUT2D eigenvalue weighted by Gasteiger charge is 2.30. The third-order valence-corrected chi connectivity index (χ3v) is 4.01. The molecule has 0 heterocycles. The third kappa shape index (κ3) is 4.30. The number of hydrogen-bond acceptors (Lipinski definition) is 2. The van der Waals surface area contributed by atoms with Gasteiger partial charge in [-0.3, -0.25) is 4.79 Å². The fourth-order valence-electron chi connectivity index (χ4n) is 2.42. The van der Waals surface area contributed by atoms with Crippen molar-refractivity contribution in [2.45, 2.75) is 59.4 Å². The van der Waals surface area contributed by atoms with Crippen LogP contribution in [0, 0.1) is 10.8 Å². The molecule has 3 nitrogen and oxygen atoms in total. The minimum absolute atomic E-state index is 0.112. The Bertz CT molecular complexity index is 261. The third-order valence-electron chi connectivity index (χ3n) is 4.01. The Morgan fingerprint density at radius 3 is 2.29 bits per heavy atom. The molecule has 2 N–H and O–H groups in total. The monoisotopic (exact) mass is 240 g/mol. The average molecular weight is 240 g/mol. The van der Waals surface area contributed by atoms with E-state index in [1.807, 2.05) is 13.8 Å². The van der Waals surface area contributed by atoms with Gasteiger partial charge in [-0.25, -0.2) is 0 Å². The summed E-state index contributed by atoms with van der Waals surface area (Å²) in [6.45, 7) is 9.43. The number of carbonyl (C=O) groups excluding carboxylic acids is 1. The lowest BCUT2D eigenvalue weighted by atomic mass is 9.75. The van der Waals surface area contributed by atoms with E-state index >= 15 is 0 Å². The van der Waals surface area contributed by atoms with E-state index in [1.165, 1.54) is 25.7 Å². The molecule has 17 heavy (non-hydrogen) atoms. The van der Waals surface area contributed by atoms with Crippen molar-refractivity contribution < 1.29 is 4.79 Å². The summed E-state index contributed by atoms with van der Waals surface area (Å²) in [7, 11) is 1.70. The van der Waals surface area contributed by atoms with Crippen LogP contribution in [0.15, 0.2) is 0 Å². The maximum absolute atomic E-state index is 11.7. The standard InChI is InChI=1S/C14H28N2O/c1-13(2)8-6-11(7-9-13)16-10-14(3,4)12(17)15-5/h11,16H,6-10H2,1-5H3,(H,15,17). The zero-order valence-electron chi connectivity index (χ0n) is 12.0. The van der Waals surface area contributed by atoms with Crippen LogP contribution in [0.2, 0.25) is 0 Å². The first-order valence-electron chi connectivity index (χ1n) is 6.72. The predicted octanol–water partition coefficient (Wildman–Crippen LogP) is 2.32. The van der Waals surface area contributed by atoms with Gasteiger partial charge < -0.3 is 10.6 Å². The van der Waals surface area contributed by atoms with Gasteiger partial charge in [0.2, 0.25) is 5.91 Å². The summed E-state index contributed by atoms with van der Waals surface area (Å²) < 4.78 is 0. The first-order valence-corrected chi connectivity index (χ1v) is 6.72. The Morgan fingerprint density at radius 2 is 1.82 bits per heavy atom. The summed E-state index contributed by atoms with van der Waals surface area (Å²) in [4.78, 5) is 11.7. The molecular formula is C14H28N2O. The van der Waals surface area contributed by atoms with Gasteiger partial charge in [-0.15, -0.1) is 0 Å². The van der Waals surface area contributed by atoms with E-state index in [9.17, 15) is 4.79 Å². The topological polar surface area (TPSA) is 41.1 Å². The van der Waals surface area contributed by atoms with Gasteiger partial charge in [-0.2, -0.15) is 0 Å². The second-order valence-electron chi connectivity index (χ2n) is 6.78. The van der Waals surface area contributed by atoms with Gasteiger partial charge in [-0.1, -0.05) is 13.8 Å². The van der Waals surface area contributed by atoms with Gasteiger partial charge in [0.25, 0.3) is 0 Å². The van der Waals surface area contributed by atoms with Crippen molar-refractivity contribution in [1.29, 1.82) is 0 Å². The van der Waals surface area contributed by atoms with E-state index < -0.39 is 0 Å². The molecule has 0 aromatic rings. The molecule has 0 aliphatic heterocycles. The Labute approximate surface area is 106 Å². The second kappa shape index (κ2) is 5.38. The van der Waals surface area contributed by atoms with Crippen molar-refractivity contribution in [1.82, 2.24) is 10.6 Å². The lowest BCUT2D eigenvalue weighted by molar-refractivity contribution is -0.128. The lowest BCUT2D eigenvalue weighted by Gasteiger charge is -2.36. The molecule has 0 saturated heterocycles. The Hall–Kier alpha value is -0.570. The molecule has 3 heteroatoms. The summed E-state index contributed by atoms with van der Waals surface area (Å²) in [6, 6.07) is 0.590. The maximum atomic E-state index is 11.7. The van der Waals surface area contributed by atoms with Gasteiger partial charge in [0, 0.05) is 19.6 Å². The Morgan fingerprint density at radius 1 is 1.29 bits per heavy atom. The second-order valence-corrected chi connectivity index (χ2v) is 6.78. The number of hydrogen-bond donors (Lipinski definition) is 2. The number of nitrogens with one attached hydrogen (secondary N) is 2. The summed E-state index contributed by atoms with van der Waals surface area (Å²) in [6.07, 6.45) is 5.03. The van der Waals surface area contributed by atoms with Gasteiger partial charge in [0.1, 0.15) is 0 Å². The van der Waals surface area contributed by atoms with Crippen LogP contribution in [0.3, 0.4) is 0 Å². The van der Waals surface area contributed by atoms with Gasteiger partial charge in [0.05, 0.1) is 5.41 Å². The first-order chi connectivity index (χ1) is 7.77. The Kier molecular flexibility index (Phi) is 4.59. The van der Waals surface area contributed by atoms with Crippen LogP contribution < -0.4 is 10.6 Å². The van der Waals surface area contributed by atoms with Crippen LogP contribution in [0.4, 0.5) is 0 Å². The van der Waals surface area contributed by atoms with Crippen LogP contribution in [-0.4, -0.2) is 25.5 Å². The van der Waals surface area contributed by atoms with Crippen molar-refractivity contribution in [2.75, 3.05) is 13.6 Å². The molecule has 1 fully saturated rings. The van der Waals surface area contributed by atoms with Crippen molar-refractivity contribution in [3.63, 3.8) is 0 Å². The normalized spacial score (nSPS) is 21.2. The van der Waals surface area contributed by atoms with Crippen LogP contribution in [0.25, 0.3) is 0 Å². The van der Waals surface area contributed by atoms with Crippen molar-refractivity contribution in [2.24, 2.45) is 10.8 Å². The smallest absolute Gasteiger partial charge is 0.226 e. The van der Waals surface area contributed by atoms with Crippen molar-refractivity contribution >= 4 is 5.91 Å². The minimum Gasteiger partial charge on any atom is -0.359 e. The molecule has 0 bridgehead atoms. The number of carbonyl (C=O) groups is 1. The zero-order valence-corrected chi connectivity index (χ0v) is 12.0. The van der Waals surface area contributed by atoms with Gasteiger partial charge >= 0.3 is 0 Å². The fourth-order valence-corrected chi connectivity index (χ4v) is 2.42. The fraction of sp³-hybridized carbons (Fsp3) is 0.929. The first kappa shape index (κ1) is 14.5. The van der Waals surface area contributed by atoms with Crippen molar-refractivity contribution in [3.8, 4) is 0 Å². The van der Waals surface area contributed by atoms with Gasteiger partial charge in [0.15, 0.2) is 0 Å². The van der Waals surface area contributed by atoms with E-state index in [-0.39, 0.29) is 11.3 Å². The molecule has 1 aliphatic carbocycles. The molecular weight excluding hydrogens is 212 g/mol. The molecule has 1 saturated carbocycles. The molecule has 0 radical (unpaired) electrons. The SMILES string of the molecule is CNC(=O)C(C)(C)CNC1CCC(C)(C)CC1. The molecule has 100 valence electrons. The summed E-state index contributed by atoms with van der Waals surface area (Å²) >= 11 is 0. The summed E-state index contributed by atoms with van der Waals surface area (Å²) in [5, 5.41) is 6.28. The van der Waals surface area contributed by atoms with Crippen LogP contribution in [0.5, 0.6) is 0 Å². The predicted molar refractivity (Wildman–Crippen MR) is 71.9 cm³/mol. The van der Waals surface area contributed by atoms with Crippen molar-refractivity contribution in [3.05, 3.63) is 0 Å². The Balaban J connectivity index is 2.35. The number of rotatable bonds is 4. The molecule has 0 aromatic carbocycles. The van der Waals surface area contributed by atoms with E-state index in [2.05, 4.69) is 24.5 Å². The highest BCUT2D eigenvalue weighted by Crippen LogP contribution is 2.35. The molecule has 0 unspecified atom stereocenters. The highest BCUT2D eigenvalue weighted by atomic mass is 16.2. The lowest BCUT2D eigenvalue weighted by Crippen LogP contribution is -2.46. The van der Waals surface area contributed by atoms with Gasteiger partial charge in [-0.05, 0) is 44.9 Å². The average Bonchev–Trinajstić information content (AvgIpc) is 2.26. The van der Waals surface area contributed by atoms with E-state index in [0.29, 0.717) is 11.5 Å². The molecule has 0 spiro atoms. The number of amides is 1. The van der Waals surface area contributed by atoms with E-state index in [0.717, 1.165) is 6.54 Å². The van der Waals surface area contributed by atoms with E-state index in [1.54, 1.807) is 7.05 Å². The largest absolute Gasteiger partial charge is 0.359 e. The highest BCUT2D eigenvalue weighted by molar-refractivity contribution is 5.81. The van der Waals surface area contributed by atoms with Crippen LogP contribution >= 0.6 is 0 Å². The molecule has 1 amide bonds. The van der Waals surface area contributed by atoms with Crippen LogP contribution in [0.1, 0.15) is 53.4 Å². The minimum atomic E-state index is -0.318. The molecule has 0 atom stereocenters. The zero-order chi connectivity index (χ0) is 13.1. The quantitative estimate of drug-likeness (QED) is 0.792. The molecule has 0 aromatic heterocycles. The molecule has 1 aliphatic rings. The molecule has 1 rings (SSSR count). The summed E-state index contributed by atoms with van der Waals surface area (Å²) in [5.74, 6) is 0.112.